The Kier molecular flexibility index (Phi) is 7.48. The molecule has 4 rings (SSSR count). The normalized spacial score (nSPS) is 17.1. The number of pyridine rings is 1. The molecule has 0 spiro atoms. The first kappa shape index (κ1) is 23.5. The predicted molar refractivity (Wildman–Crippen MR) is 127 cm³/mol. The zero-order chi connectivity index (χ0) is 23.4. The summed E-state index contributed by atoms with van der Waals surface area (Å²) in [5.41, 5.74) is 2.85. The molecule has 0 radical (unpaired) electrons. The van der Waals surface area contributed by atoms with E-state index in [-0.39, 0.29) is 17.2 Å². The first-order chi connectivity index (χ1) is 16.0. The fourth-order valence-corrected chi connectivity index (χ4v) is 5.23. The number of rotatable bonds is 7. The van der Waals surface area contributed by atoms with Gasteiger partial charge in [-0.25, -0.2) is 4.39 Å². The fourth-order valence-electron chi connectivity index (χ4n) is 5.23. The van der Waals surface area contributed by atoms with Crippen molar-refractivity contribution in [2.75, 3.05) is 44.8 Å². The summed E-state index contributed by atoms with van der Waals surface area (Å²) in [7, 11) is 1.67. The van der Waals surface area contributed by atoms with Gasteiger partial charge in [0.05, 0.1) is 6.61 Å². The Morgan fingerprint density at radius 1 is 1.09 bits per heavy atom. The minimum Gasteiger partial charge on any atom is -0.383 e. The summed E-state index contributed by atoms with van der Waals surface area (Å²) in [4.78, 5) is 30.7. The molecule has 2 aromatic rings. The molecule has 178 valence electrons. The second kappa shape index (κ2) is 10.5. The molecule has 1 aliphatic heterocycles. The zero-order valence-corrected chi connectivity index (χ0v) is 19.7. The van der Waals surface area contributed by atoms with Gasteiger partial charge in [-0.2, -0.15) is 0 Å². The number of methoxy groups -OCH3 is 1. The van der Waals surface area contributed by atoms with E-state index < -0.39 is 0 Å². The van der Waals surface area contributed by atoms with Crippen LogP contribution in [0, 0.1) is 18.7 Å². The second-order valence-corrected chi connectivity index (χ2v) is 9.23. The molecule has 1 saturated heterocycles. The molecule has 33 heavy (non-hydrogen) atoms. The highest BCUT2D eigenvalue weighted by atomic mass is 19.1. The summed E-state index contributed by atoms with van der Waals surface area (Å²) in [6.45, 7) is 5.46. The van der Waals surface area contributed by atoms with E-state index in [2.05, 4.69) is 9.47 Å². The molecule has 0 N–H and O–H groups in total. The number of aryl methyl sites for hydroxylation is 1. The highest BCUT2D eigenvalue weighted by Gasteiger charge is 2.29. The number of amides is 1. The van der Waals surface area contributed by atoms with Crippen LogP contribution >= 0.6 is 0 Å². The van der Waals surface area contributed by atoms with Crippen LogP contribution in [0.15, 0.2) is 35.1 Å². The number of halogens is 1. The molecule has 1 amide bonds. The van der Waals surface area contributed by atoms with Gasteiger partial charge in [0.2, 0.25) is 0 Å². The van der Waals surface area contributed by atoms with Crippen LogP contribution in [0.5, 0.6) is 0 Å². The van der Waals surface area contributed by atoms with Crippen molar-refractivity contribution in [2.24, 2.45) is 5.92 Å². The standard InChI is InChI=1S/C26H34FN3O3/c1-19-17-24(31)25(23(30(19)15-16-33-2)18-20-5-3-4-6-20)26(32)29-13-11-28(12-14-29)22-9-7-21(27)8-10-22/h7-10,17,20H,3-6,11-16,18H2,1-2H3. The summed E-state index contributed by atoms with van der Waals surface area (Å²) in [5.74, 6) is 0.0891. The quantitative estimate of drug-likeness (QED) is 0.640. The van der Waals surface area contributed by atoms with Gasteiger partial charge in [0.25, 0.3) is 5.91 Å². The number of hydrogen-bond donors (Lipinski definition) is 0. The molecule has 0 bridgehead atoms. The van der Waals surface area contributed by atoms with E-state index in [1.165, 1.54) is 25.0 Å². The van der Waals surface area contributed by atoms with Gasteiger partial charge in [-0.15, -0.1) is 0 Å². The highest BCUT2D eigenvalue weighted by Crippen LogP contribution is 2.29. The van der Waals surface area contributed by atoms with Gasteiger partial charge < -0.3 is 19.1 Å². The molecule has 2 aliphatic rings. The van der Waals surface area contributed by atoms with Crippen LogP contribution < -0.4 is 10.3 Å². The summed E-state index contributed by atoms with van der Waals surface area (Å²) in [6, 6.07) is 8.03. The van der Waals surface area contributed by atoms with Crippen molar-refractivity contribution in [2.45, 2.75) is 45.6 Å². The predicted octanol–water partition coefficient (Wildman–Crippen LogP) is 3.64. The highest BCUT2D eigenvalue weighted by molar-refractivity contribution is 5.95. The van der Waals surface area contributed by atoms with Crippen LogP contribution in [-0.2, 0) is 17.7 Å². The third-order valence-electron chi connectivity index (χ3n) is 7.07. The van der Waals surface area contributed by atoms with Crippen molar-refractivity contribution in [3.63, 3.8) is 0 Å². The SMILES string of the molecule is COCCn1c(C)cc(=O)c(C(=O)N2CCN(c3ccc(F)cc3)CC2)c1CC1CCCC1. The van der Waals surface area contributed by atoms with Gasteiger partial charge in [0.1, 0.15) is 11.4 Å². The Bertz CT molecular complexity index is 1020. The van der Waals surface area contributed by atoms with E-state index in [1.807, 2.05) is 6.92 Å². The van der Waals surface area contributed by atoms with Crippen molar-refractivity contribution >= 4 is 11.6 Å². The Morgan fingerprint density at radius 2 is 1.76 bits per heavy atom. The molecule has 2 fully saturated rings. The molecule has 1 aliphatic carbocycles. The van der Waals surface area contributed by atoms with Crippen LogP contribution in [0.2, 0.25) is 0 Å². The van der Waals surface area contributed by atoms with E-state index >= 15 is 0 Å². The molecule has 1 aromatic heterocycles. The molecular formula is C26H34FN3O3. The Morgan fingerprint density at radius 3 is 2.39 bits per heavy atom. The molecule has 1 aromatic carbocycles. The van der Waals surface area contributed by atoms with Crippen LogP contribution in [0.4, 0.5) is 10.1 Å². The minimum atomic E-state index is -0.258. The van der Waals surface area contributed by atoms with Crippen LogP contribution in [-0.4, -0.2) is 55.3 Å². The number of anilines is 1. The maximum atomic E-state index is 13.7. The molecule has 0 unspecified atom stereocenters. The van der Waals surface area contributed by atoms with Gasteiger partial charge in [0.15, 0.2) is 5.43 Å². The lowest BCUT2D eigenvalue weighted by Gasteiger charge is -2.36. The smallest absolute Gasteiger partial charge is 0.259 e. The van der Waals surface area contributed by atoms with E-state index in [1.54, 1.807) is 30.2 Å². The molecule has 7 heteroatoms. The number of aromatic nitrogens is 1. The van der Waals surface area contributed by atoms with Crippen LogP contribution in [0.25, 0.3) is 0 Å². The van der Waals surface area contributed by atoms with E-state index in [0.717, 1.165) is 36.3 Å². The van der Waals surface area contributed by atoms with Crippen LogP contribution in [0.1, 0.15) is 47.4 Å². The maximum absolute atomic E-state index is 13.7. The van der Waals surface area contributed by atoms with Crippen molar-refractivity contribution in [1.82, 2.24) is 9.47 Å². The summed E-state index contributed by atoms with van der Waals surface area (Å²) >= 11 is 0. The van der Waals surface area contributed by atoms with E-state index in [4.69, 9.17) is 4.74 Å². The number of carbonyl (C=O) groups is 1. The lowest BCUT2D eigenvalue weighted by molar-refractivity contribution is 0.0742. The van der Waals surface area contributed by atoms with Gasteiger partial charge in [-0.1, -0.05) is 25.7 Å². The second-order valence-electron chi connectivity index (χ2n) is 9.23. The summed E-state index contributed by atoms with van der Waals surface area (Å²) in [5, 5.41) is 0. The van der Waals surface area contributed by atoms with Gasteiger partial charge in [-0.3, -0.25) is 9.59 Å². The first-order valence-corrected chi connectivity index (χ1v) is 12.0. The van der Waals surface area contributed by atoms with Crippen molar-refractivity contribution in [3.8, 4) is 0 Å². The number of piperazine rings is 1. The van der Waals surface area contributed by atoms with Gasteiger partial charge in [-0.05, 0) is 43.5 Å². The average molecular weight is 456 g/mol. The topological polar surface area (TPSA) is 54.8 Å². The molecule has 0 atom stereocenters. The Labute approximate surface area is 195 Å². The maximum Gasteiger partial charge on any atom is 0.259 e. The molecule has 2 heterocycles. The lowest BCUT2D eigenvalue weighted by atomic mass is 9.96. The zero-order valence-electron chi connectivity index (χ0n) is 19.7. The molecule has 6 nitrogen and oxygen atoms in total. The Balaban J connectivity index is 1.58. The summed E-state index contributed by atoms with van der Waals surface area (Å²) < 4.78 is 20.7. The minimum absolute atomic E-state index is 0.169. The largest absolute Gasteiger partial charge is 0.383 e. The number of nitrogens with zero attached hydrogens (tertiary/aromatic N) is 3. The number of ether oxygens (including phenoxy) is 1. The summed E-state index contributed by atoms with van der Waals surface area (Å²) in [6.07, 6.45) is 5.49. The average Bonchev–Trinajstić information content (AvgIpc) is 3.32. The van der Waals surface area contributed by atoms with Crippen LogP contribution in [0.3, 0.4) is 0 Å². The third-order valence-corrected chi connectivity index (χ3v) is 7.07. The molecular weight excluding hydrogens is 421 g/mol. The third kappa shape index (κ3) is 5.29. The number of benzene rings is 1. The van der Waals surface area contributed by atoms with Gasteiger partial charge in [0, 0.05) is 63.0 Å². The monoisotopic (exact) mass is 455 g/mol. The number of hydrogen-bond acceptors (Lipinski definition) is 4. The van der Waals surface area contributed by atoms with E-state index in [9.17, 15) is 14.0 Å². The van der Waals surface area contributed by atoms with Crippen molar-refractivity contribution in [1.29, 1.82) is 0 Å². The first-order valence-electron chi connectivity index (χ1n) is 12.0. The van der Waals surface area contributed by atoms with Gasteiger partial charge >= 0.3 is 0 Å². The Hall–Kier alpha value is -2.67. The molecule has 1 saturated carbocycles. The van der Waals surface area contributed by atoms with Crippen molar-refractivity contribution in [3.05, 3.63) is 63.3 Å². The number of carbonyl (C=O) groups excluding carboxylic acids is 1. The lowest BCUT2D eigenvalue weighted by Crippen LogP contribution is -2.50. The van der Waals surface area contributed by atoms with Crippen molar-refractivity contribution < 1.29 is 13.9 Å². The fraction of sp³-hybridized carbons (Fsp3) is 0.538. The van der Waals surface area contributed by atoms with E-state index in [0.29, 0.717) is 50.8 Å².